The molecule has 0 saturated carbocycles. The van der Waals surface area contributed by atoms with E-state index >= 15 is 0 Å². The first kappa shape index (κ1) is 22.1. The van der Waals surface area contributed by atoms with Gasteiger partial charge in [-0.05, 0) is 44.4 Å². The van der Waals surface area contributed by atoms with Gasteiger partial charge in [-0.15, -0.1) is 24.0 Å². The summed E-state index contributed by atoms with van der Waals surface area (Å²) in [5.74, 6) is 2.54. The Hall–Kier alpha value is -1.22. The first-order valence-electron chi connectivity index (χ1n) is 9.75. The molecular weight excluding hydrogens is 455 g/mol. The Balaban J connectivity index is 0.00000261. The van der Waals surface area contributed by atoms with E-state index in [-0.39, 0.29) is 24.0 Å². The smallest absolute Gasteiger partial charge is 0.191 e. The second kappa shape index (κ2) is 10.9. The molecule has 0 atom stereocenters. The predicted octanol–water partition coefficient (Wildman–Crippen LogP) is 3.00. The summed E-state index contributed by atoms with van der Waals surface area (Å²) in [7, 11) is 1.83. The van der Waals surface area contributed by atoms with Gasteiger partial charge in [0.05, 0.1) is 13.2 Å². The first-order chi connectivity index (χ1) is 12.7. The van der Waals surface area contributed by atoms with Crippen molar-refractivity contribution in [3.05, 3.63) is 23.8 Å². The number of benzene rings is 1. The average molecular weight is 488 g/mol. The molecule has 152 valence electrons. The Kier molecular flexibility index (Phi) is 8.95. The highest BCUT2D eigenvalue weighted by Crippen LogP contribution is 2.30. The molecule has 1 aromatic carbocycles. The van der Waals surface area contributed by atoms with E-state index in [2.05, 4.69) is 46.5 Å². The molecule has 0 radical (unpaired) electrons. The van der Waals surface area contributed by atoms with Crippen LogP contribution in [0.5, 0.6) is 11.5 Å². The van der Waals surface area contributed by atoms with Gasteiger partial charge in [0, 0.05) is 45.2 Å². The molecule has 1 aromatic rings. The molecule has 0 amide bonds. The van der Waals surface area contributed by atoms with Gasteiger partial charge >= 0.3 is 0 Å². The molecule has 27 heavy (non-hydrogen) atoms. The highest BCUT2D eigenvalue weighted by atomic mass is 127. The number of rotatable bonds is 4. The van der Waals surface area contributed by atoms with Crippen molar-refractivity contribution >= 4 is 29.9 Å². The Morgan fingerprint density at radius 2 is 1.89 bits per heavy atom. The van der Waals surface area contributed by atoms with Crippen LogP contribution < -0.4 is 20.1 Å². The average Bonchev–Trinajstić information content (AvgIpc) is 2.90. The van der Waals surface area contributed by atoms with Gasteiger partial charge in [0.15, 0.2) is 17.5 Å². The quantitative estimate of drug-likeness (QED) is 0.388. The number of ether oxygens (including phenoxy) is 2. The summed E-state index contributed by atoms with van der Waals surface area (Å²) in [5.41, 5.74) is 1.16. The van der Waals surface area contributed by atoms with Crippen LogP contribution in [0.25, 0.3) is 0 Å². The Labute approximate surface area is 180 Å². The van der Waals surface area contributed by atoms with Crippen LogP contribution in [0, 0.1) is 0 Å². The van der Waals surface area contributed by atoms with Crippen molar-refractivity contribution in [2.45, 2.75) is 51.7 Å². The minimum absolute atomic E-state index is 0. The molecule has 2 N–H and O–H groups in total. The van der Waals surface area contributed by atoms with Crippen LogP contribution in [0.1, 0.15) is 38.7 Å². The molecule has 0 aliphatic carbocycles. The zero-order chi connectivity index (χ0) is 18.4. The van der Waals surface area contributed by atoms with Gasteiger partial charge in [-0.25, -0.2) is 0 Å². The highest BCUT2D eigenvalue weighted by Gasteiger charge is 2.21. The van der Waals surface area contributed by atoms with E-state index in [4.69, 9.17) is 9.47 Å². The lowest BCUT2D eigenvalue weighted by molar-refractivity contribution is 0.167. The van der Waals surface area contributed by atoms with E-state index in [1.54, 1.807) is 0 Å². The second-order valence-corrected chi connectivity index (χ2v) is 7.31. The van der Waals surface area contributed by atoms with E-state index in [1.165, 1.54) is 0 Å². The zero-order valence-electron chi connectivity index (χ0n) is 16.7. The molecule has 0 spiro atoms. The van der Waals surface area contributed by atoms with Crippen molar-refractivity contribution in [1.82, 2.24) is 15.5 Å². The molecule has 7 heteroatoms. The SMILES string of the molecule is CN=C(NCc1ccc2c(c1)OCCCO2)NC1CCN(C(C)C)CC1.I. The summed E-state index contributed by atoms with van der Waals surface area (Å²) in [4.78, 5) is 6.91. The number of hydrogen-bond acceptors (Lipinski definition) is 4. The van der Waals surface area contributed by atoms with E-state index in [0.29, 0.717) is 25.2 Å². The van der Waals surface area contributed by atoms with E-state index < -0.39 is 0 Å². The fourth-order valence-electron chi connectivity index (χ4n) is 3.45. The van der Waals surface area contributed by atoms with Crippen LogP contribution >= 0.6 is 24.0 Å². The van der Waals surface area contributed by atoms with Crippen molar-refractivity contribution in [2.24, 2.45) is 4.99 Å². The second-order valence-electron chi connectivity index (χ2n) is 7.31. The number of nitrogens with zero attached hydrogens (tertiary/aromatic N) is 2. The molecule has 6 nitrogen and oxygen atoms in total. The number of likely N-dealkylation sites (tertiary alicyclic amines) is 1. The lowest BCUT2D eigenvalue weighted by atomic mass is 10.0. The first-order valence-corrected chi connectivity index (χ1v) is 9.75. The van der Waals surface area contributed by atoms with Crippen LogP contribution in [0.2, 0.25) is 0 Å². The molecular formula is C20H33IN4O2. The van der Waals surface area contributed by atoms with Gasteiger partial charge in [-0.1, -0.05) is 6.07 Å². The number of hydrogen-bond donors (Lipinski definition) is 2. The number of guanidine groups is 1. The van der Waals surface area contributed by atoms with E-state index in [1.807, 2.05) is 13.1 Å². The molecule has 2 aliphatic heterocycles. The summed E-state index contributed by atoms with van der Waals surface area (Å²) in [5, 5.41) is 6.98. The molecule has 3 rings (SSSR count). The molecule has 2 aliphatic rings. The molecule has 0 aromatic heterocycles. The number of piperidine rings is 1. The third kappa shape index (κ3) is 6.41. The van der Waals surface area contributed by atoms with Crippen molar-refractivity contribution < 1.29 is 9.47 Å². The van der Waals surface area contributed by atoms with Crippen LogP contribution in [-0.2, 0) is 6.54 Å². The van der Waals surface area contributed by atoms with Gasteiger partial charge in [-0.3, -0.25) is 4.99 Å². The summed E-state index contributed by atoms with van der Waals surface area (Å²) >= 11 is 0. The fraction of sp³-hybridized carbons (Fsp3) is 0.650. The minimum atomic E-state index is 0. The summed E-state index contributed by atoms with van der Waals surface area (Å²) in [6, 6.07) is 7.25. The Morgan fingerprint density at radius 3 is 2.56 bits per heavy atom. The van der Waals surface area contributed by atoms with Crippen LogP contribution in [0.15, 0.2) is 23.2 Å². The summed E-state index contributed by atoms with van der Waals surface area (Å²) < 4.78 is 11.5. The van der Waals surface area contributed by atoms with Crippen molar-refractivity contribution in [3.8, 4) is 11.5 Å². The zero-order valence-corrected chi connectivity index (χ0v) is 19.0. The standard InChI is InChI=1S/C20H32N4O2.HI/c1-15(2)24-9-7-17(8-10-24)23-20(21-3)22-14-16-5-6-18-19(13-16)26-12-4-11-25-18;/h5-6,13,15,17H,4,7-12,14H2,1-3H3,(H2,21,22,23);1H. The number of aliphatic imine (C=N–C) groups is 1. The van der Waals surface area contributed by atoms with Gasteiger partial charge < -0.3 is 25.0 Å². The number of nitrogens with one attached hydrogen (secondary N) is 2. The molecule has 0 unspecified atom stereocenters. The van der Waals surface area contributed by atoms with Gasteiger partial charge in [0.25, 0.3) is 0 Å². The van der Waals surface area contributed by atoms with Crippen LogP contribution in [0.3, 0.4) is 0 Å². The van der Waals surface area contributed by atoms with Gasteiger partial charge in [0.1, 0.15) is 0 Å². The van der Waals surface area contributed by atoms with Crippen LogP contribution in [-0.4, -0.2) is 56.3 Å². The van der Waals surface area contributed by atoms with Gasteiger partial charge in [-0.2, -0.15) is 0 Å². The maximum Gasteiger partial charge on any atom is 0.191 e. The molecule has 1 saturated heterocycles. The minimum Gasteiger partial charge on any atom is -0.490 e. The number of halogens is 1. The van der Waals surface area contributed by atoms with Crippen molar-refractivity contribution in [1.29, 1.82) is 0 Å². The Morgan fingerprint density at radius 1 is 1.19 bits per heavy atom. The molecule has 0 bridgehead atoms. The van der Waals surface area contributed by atoms with Crippen molar-refractivity contribution in [3.63, 3.8) is 0 Å². The maximum atomic E-state index is 5.77. The Bertz CT molecular complexity index is 616. The third-order valence-corrected chi connectivity index (χ3v) is 5.10. The maximum absolute atomic E-state index is 5.77. The highest BCUT2D eigenvalue weighted by molar-refractivity contribution is 14.0. The monoisotopic (exact) mass is 488 g/mol. The normalized spacial score (nSPS) is 18.6. The fourth-order valence-corrected chi connectivity index (χ4v) is 3.45. The molecule has 2 heterocycles. The van der Waals surface area contributed by atoms with Crippen LogP contribution in [0.4, 0.5) is 0 Å². The number of fused-ring (bicyclic) bond motifs is 1. The lowest BCUT2D eigenvalue weighted by Gasteiger charge is -2.35. The largest absolute Gasteiger partial charge is 0.490 e. The summed E-state index contributed by atoms with van der Waals surface area (Å²) in [6.45, 7) is 8.97. The lowest BCUT2D eigenvalue weighted by Crippen LogP contribution is -2.49. The van der Waals surface area contributed by atoms with E-state index in [0.717, 1.165) is 62.0 Å². The van der Waals surface area contributed by atoms with Crippen molar-refractivity contribution in [2.75, 3.05) is 33.4 Å². The van der Waals surface area contributed by atoms with E-state index in [9.17, 15) is 0 Å². The third-order valence-electron chi connectivity index (χ3n) is 5.10. The topological polar surface area (TPSA) is 58.1 Å². The predicted molar refractivity (Wildman–Crippen MR) is 121 cm³/mol. The molecule has 1 fully saturated rings. The van der Waals surface area contributed by atoms with Gasteiger partial charge in [0.2, 0.25) is 0 Å². The summed E-state index contributed by atoms with van der Waals surface area (Å²) in [6.07, 6.45) is 3.24.